The molecule has 19 heavy (non-hydrogen) atoms. The van der Waals surface area contributed by atoms with E-state index in [1.165, 1.54) is 0 Å². The Morgan fingerprint density at radius 1 is 1.11 bits per heavy atom. The van der Waals surface area contributed by atoms with Gasteiger partial charge in [-0.25, -0.2) is 0 Å². The number of amides is 1. The number of carbonyl (C=O) groups excluding carboxylic acids is 1. The van der Waals surface area contributed by atoms with E-state index in [0.717, 1.165) is 16.8 Å². The number of aryl methyl sites for hydroxylation is 1. The van der Waals surface area contributed by atoms with Crippen molar-refractivity contribution in [3.63, 3.8) is 0 Å². The molecule has 0 saturated heterocycles. The van der Waals surface area contributed by atoms with E-state index in [4.69, 9.17) is 18.0 Å². The molecule has 0 atom stereocenters. The van der Waals surface area contributed by atoms with Crippen LogP contribution in [0.3, 0.4) is 0 Å². The van der Waals surface area contributed by atoms with Crippen LogP contribution in [0.15, 0.2) is 48.5 Å². The zero-order valence-corrected chi connectivity index (χ0v) is 11.3. The van der Waals surface area contributed by atoms with E-state index in [1.807, 2.05) is 31.2 Å². The average molecular weight is 270 g/mol. The summed E-state index contributed by atoms with van der Waals surface area (Å²) >= 11 is 4.87. The van der Waals surface area contributed by atoms with Gasteiger partial charge in [0.1, 0.15) is 4.99 Å². The van der Waals surface area contributed by atoms with Crippen molar-refractivity contribution in [2.24, 2.45) is 5.73 Å². The van der Waals surface area contributed by atoms with E-state index < -0.39 is 0 Å². The largest absolute Gasteiger partial charge is 0.389 e. The summed E-state index contributed by atoms with van der Waals surface area (Å²) in [7, 11) is 0. The summed E-state index contributed by atoms with van der Waals surface area (Å²) in [5, 5.41) is 2.84. The van der Waals surface area contributed by atoms with Crippen molar-refractivity contribution in [3.05, 3.63) is 65.2 Å². The lowest BCUT2D eigenvalue weighted by atomic mass is 10.1. The highest BCUT2D eigenvalue weighted by molar-refractivity contribution is 7.80. The highest BCUT2D eigenvalue weighted by Gasteiger charge is 2.06. The number of hydrogen-bond acceptors (Lipinski definition) is 2. The summed E-state index contributed by atoms with van der Waals surface area (Å²) in [4.78, 5) is 12.4. The molecule has 96 valence electrons. The zero-order chi connectivity index (χ0) is 13.8. The van der Waals surface area contributed by atoms with E-state index in [9.17, 15) is 4.79 Å². The topological polar surface area (TPSA) is 55.1 Å². The molecule has 4 heteroatoms. The lowest BCUT2D eigenvalue weighted by Gasteiger charge is -2.06. The number of nitrogens with two attached hydrogens (primary N) is 1. The predicted molar refractivity (Wildman–Crippen MR) is 81.5 cm³/mol. The molecule has 3 nitrogen and oxygen atoms in total. The molecule has 2 aromatic rings. The molecule has 0 radical (unpaired) electrons. The first-order chi connectivity index (χ1) is 9.06. The van der Waals surface area contributed by atoms with Gasteiger partial charge in [-0.3, -0.25) is 4.79 Å². The number of nitrogens with one attached hydrogen (secondary N) is 1. The summed E-state index contributed by atoms with van der Waals surface area (Å²) in [6, 6.07) is 14.6. The van der Waals surface area contributed by atoms with Gasteiger partial charge in [-0.15, -0.1) is 0 Å². The van der Waals surface area contributed by atoms with E-state index >= 15 is 0 Å². The van der Waals surface area contributed by atoms with Crippen molar-refractivity contribution in [2.75, 3.05) is 5.32 Å². The van der Waals surface area contributed by atoms with Crippen molar-refractivity contribution < 1.29 is 4.79 Å². The van der Waals surface area contributed by atoms with Crippen LogP contribution in [0.25, 0.3) is 0 Å². The van der Waals surface area contributed by atoms with Crippen molar-refractivity contribution in [3.8, 4) is 0 Å². The summed E-state index contributed by atoms with van der Waals surface area (Å²) < 4.78 is 0. The van der Waals surface area contributed by atoms with Crippen molar-refractivity contribution in [2.45, 2.75) is 6.92 Å². The second-order valence-corrected chi connectivity index (χ2v) is 4.71. The van der Waals surface area contributed by atoms with Crippen LogP contribution >= 0.6 is 12.2 Å². The maximum atomic E-state index is 12.0. The van der Waals surface area contributed by atoms with Crippen LogP contribution in [0.5, 0.6) is 0 Å². The zero-order valence-electron chi connectivity index (χ0n) is 10.5. The quantitative estimate of drug-likeness (QED) is 0.843. The maximum Gasteiger partial charge on any atom is 0.255 e. The minimum absolute atomic E-state index is 0.153. The lowest BCUT2D eigenvalue weighted by molar-refractivity contribution is 0.102. The SMILES string of the molecule is Cc1cccc(NC(=O)c2ccc(C(N)=S)cc2)c1. The molecule has 0 aliphatic heterocycles. The maximum absolute atomic E-state index is 12.0. The van der Waals surface area contributed by atoms with Crippen LogP contribution in [0.4, 0.5) is 5.69 Å². The van der Waals surface area contributed by atoms with Crippen LogP contribution in [0.2, 0.25) is 0 Å². The minimum Gasteiger partial charge on any atom is -0.389 e. The van der Waals surface area contributed by atoms with E-state index in [-0.39, 0.29) is 5.91 Å². The van der Waals surface area contributed by atoms with Crippen LogP contribution in [-0.4, -0.2) is 10.9 Å². The normalized spacial score (nSPS) is 9.95. The Kier molecular flexibility index (Phi) is 3.92. The highest BCUT2D eigenvalue weighted by atomic mass is 32.1. The first kappa shape index (κ1) is 13.2. The van der Waals surface area contributed by atoms with Crippen molar-refractivity contribution in [1.82, 2.24) is 0 Å². The summed E-state index contributed by atoms with van der Waals surface area (Å²) in [5.41, 5.74) is 8.71. The molecule has 2 rings (SSSR count). The fraction of sp³-hybridized carbons (Fsp3) is 0.0667. The monoisotopic (exact) mass is 270 g/mol. The molecule has 0 aliphatic rings. The minimum atomic E-state index is -0.153. The van der Waals surface area contributed by atoms with Gasteiger partial charge in [-0.2, -0.15) is 0 Å². The Morgan fingerprint density at radius 2 is 1.74 bits per heavy atom. The van der Waals surface area contributed by atoms with Gasteiger partial charge in [0, 0.05) is 16.8 Å². The Labute approximate surface area is 117 Å². The highest BCUT2D eigenvalue weighted by Crippen LogP contribution is 2.12. The Bertz CT molecular complexity index is 620. The molecule has 2 aromatic carbocycles. The van der Waals surface area contributed by atoms with Gasteiger partial charge in [0.2, 0.25) is 0 Å². The first-order valence-electron chi connectivity index (χ1n) is 5.84. The third-order valence-corrected chi connectivity index (χ3v) is 2.94. The molecule has 0 unspecified atom stereocenters. The van der Waals surface area contributed by atoms with Crippen LogP contribution < -0.4 is 11.1 Å². The number of rotatable bonds is 3. The van der Waals surface area contributed by atoms with E-state index in [0.29, 0.717) is 10.6 Å². The van der Waals surface area contributed by atoms with Gasteiger partial charge in [0.05, 0.1) is 0 Å². The number of anilines is 1. The summed E-state index contributed by atoms with van der Waals surface area (Å²) in [6.07, 6.45) is 0. The standard InChI is InChI=1S/C15H14N2OS/c1-10-3-2-4-13(9-10)17-15(18)12-7-5-11(6-8-12)14(16)19/h2-9H,1H3,(H2,16,19)(H,17,18). The van der Waals surface area contributed by atoms with Gasteiger partial charge < -0.3 is 11.1 Å². The molecule has 0 bridgehead atoms. The summed E-state index contributed by atoms with van der Waals surface area (Å²) in [5.74, 6) is -0.153. The Balaban J connectivity index is 2.14. The number of benzene rings is 2. The fourth-order valence-electron chi connectivity index (χ4n) is 1.71. The molecule has 0 fully saturated rings. The van der Waals surface area contributed by atoms with Gasteiger partial charge in [-0.05, 0) is 36.8 Å². The third kappa shape index (κ3) is 3.39. The molecule has 1 amide bonds. The first-order valence-corrected chi connectivity index (χ1v) is 6.25. The fourth-order valence-corrected chi connectivity index (χ4v) is 1.85. The molecular formula is C15H14N2OS. The number of carbonyl (C=O) groups is 1. The van der Waals surface area contributed by atoms with Crippen molar-refractivity contribution in [1.29, 1.82) is 0 Å². The van der Waals surface area contributed by atoms with Gasteiger partial charge in [0.25, 0.3) is 5.91 Å². The number of thiocarbonyl (C=S) groups is 1. The van der Waals surface area contributed by atoms with E-state index in [2.05, 4.69) is 5.32 Å². The third-order valence-electron chi connectivity index (χ3n) is 2.71. The Morgan fingerprint density at radius 3 is 2.32 bits per heavy atom. The molecular weight excluding hydrogens is 256 g/mol. The van der Waals surface area contributed by atoms with Crippen molar-refractivity contribution >= 4 is 28.8 Å². The van der Waals surface area contributed by atoms with Gasteiger partial charge in [0.15, 0.2) is 0 Å². The van der Waals surface area contributed by atoms with Crippen LogP contribution in [0.1, 0.15) is 21.5 Å². The molecule has 0 heterocycles. The van der Waals surface area contributed by atoms with Gasteiger partial charge in [-0.1, -0.05) is 36.5 Å². The molecule has 0 spiro atoms. The van der Waals surface area contributed by atoms with Crippen LogP contribution in [-0.2, 0) is 0 Å². The molecule has 0 aliphatic carbocycles. The molecule has 3 N–H and O–H groups in total. The van der Waals surface area contributed by atoms with Gasteiger partial charge >= 0.3 is 0 Å². The lowest BCUT2D eigenvalue weighted by Crippen LogP contribution is -2.13. The molecule has 0 aromatic heterocycles. The second kappa shape index (κ2) is 5.63. The average Bonchev–Trinajstić information content (AvgIpc) is 2.39. The predicted octanol–water partition coefficient (Wildman–Crippen LogP) is 2.88. The smallest absolute Gasteiger partial charge is 0.255 e. The summed E-state index contributed by atoms with van der Waals surface area (Å²) in [6.45, 7) is 1.98. The second-order valence-electron chi connectivity index (χ2n) is 4.27. The van der Waals surface area contributed by atoms with Crippen LogP contribution in [0, 0.1) is 6.92 Å². The Hall–Kier alpha value is -2.20. The molecule has 0 saturated carbocycles. The number of hydrogen-bond donors (Lipinski definition) is 2. The van der Waals surface area contributed by atoms with E-state index in [1.54, 1.807) is 24.3 Å².